The number of rotatable bonds is 1. The second-order valence-corrected chi connectivity index (χ2v) is 4.70. The molecule has 4 heteroatoms. The number of aliphatic imine (C=N–C) groups is 1. The number of hydrogen-bond donors (Lipinski definition) is 1. The van der Waals surface area contributed by atoms with Gasteiger partial charge in [-0.15, -0.1) is 0 Å². The van der Waals surface area contributed by atoms with Crippen molar-refractivity contribution in [3.63, 3.8) is 0 Å². The minimum Gasteiger partial charge on any atom is -0.322 e. The van der Waals surface area contributed by atoms with Crippen molar-refractivity contribution < 1.29 is 4.79 Å². The van der Waals surface area contributed by atoms with Crippen molar-refractivity contribution in [3.8, 4) is 0 Å². The Morgan fingerprint density at radius 3 is 2.67 bits per heavy atom. The summed E-state index contributed by atoms with van der Waals surface area (Å²) < 4.78 is 0. The molecule has 1 unspecified atom stereocenters. The lowest BCUT2D eigenvalue weighted by Gasteiger charge is -2.36. The first-order valence-corrected chi connectivity index (χ1v) is 5.72. The Bertz CT molecular complexity index is 280. The Kier molecular flexibility index (Phi) is 3.05. The number of hydrogen-bond acceptors (Lipinski definition) is 3. The van der Waals surface area contributed by atoms with E-state index in [0.29, 0.717) is 6.42 Å². The lowest BCUT2D eigenvalue weighted by atomic mass is 9.99. The van der Waals surface area contributed by atoms with Gasteiger partial charge in [-0.3, -0.25) is 14.7 Å². The van der Waals surface area contributed by atoms with E-state index in [1.54, 1.807) is 0 Å². The van der Waals surface area contributed by atoms with Gasteiger partial charge in [-0.25, -0.2) is 0 Å². The first-order chi connectivity index (χ1) is 7.15. The molecule has 0 aromatic rings. The van der Waals surface area contributed by atoms with E-state index < -0.39 is 0 Å². The Balaban J connectivity index is 1.98. The number of carbonyl (C=O) groups is 1. The minimum atomic E-state index is -0.0984. The molecule has 0 saturated carbocycles. The molecule has 1 saturated heterocycles. The number of likely N-dealkylation sites (tertiary alicyclic amines) is 1. The Morgan fingerprint density at radius 2 is 2.07 bits per heavy atom. The van der Waals surface area contributed by atoms with Gasteiger partial charge >= 0.3 is 0 Å². The Labute approximate surface area is 90.7 Å². The molecule has 0 spiro atoms. The maximum absolute atomic E-state index is 11.4. The van der Waals surface area contributed by atoms with Crippen molar-refractivity contribution >= 4 is 11.6 Å². The quantitative estimate of drug-likeness (QED) is 0.699. The molecule has 0 aromatic heterocycles. The Hall–Kier alpha value is -0.900. The number of nitrogens with zero attached hydrogens (tertiary/aromatic N) is 2. The van der Waals surface area contributed by atoms with Crippen LogP contribution >= 0.6 is 0 Å². The third-order valence-electron chi connectivity index (χ3n) is 3.21. The van der Waals surface area contributed by atoms with E-state index in [4.69, 9.17) is 0 Å². The van der Waals surface area contributed by atoms with E-state index in [9.17, 15) is 4.79 Å². The largest absolute Gasteiger partial charge is 0.322 e. The fourth-order valence-electron chi connectivity index (χ4n) is 2.16. The molecule has 1 atom stereocenters. The molecule has 2 aliphatic heterocycles. The highest BCUT2D eigenvalue weighted by molar-refractivity contribution is 6.01. The highest BCUT2D eigenvalue weighted by Gasteiger charge is 2.26. The van der Waals surface area contributed by atoms with Crippen molar-refractivity contribution in [2.45, 2.75) is 39.4 Å². The first-order valence-electron chi connectivity index (χ1n) is 5.72. The molecule has 1 N–H and O–H groups in total. The van der Waals surface area contributed by atoms with Crippen molar-refractivity contribution in [2.75, 3.05) is 13.1 Å². The molecular weight excluding hydrogens is 190 g/mol. The molecule has 0 aliphatic carbocycles. The van der Waals surface area contributed by atoms with Crippen LogP contribution in [0.25, 0.3) is 0 Å². The summed E-state index contributed by atoms with van der Waals surface area (Å²) in [5, 5.41) is 2.93. The average molecular weight is 209 g/mol. The maximum Gasteiger partial charge on any atom is 0.228 e. The fourth-order valence-corrected chi connectivity index (χ4v) is 2.16. The summed E-state index contributed by atoms with van der Waals surface area (Å²) in [5.74, 6) is 0.914. The van der Waals surface area contributed by atoms with E-state index >= 15 is 0 Å². The number of amides is 1. The molecule has 84 valence electrons. The molecule has 0 aromatic carbocycles. The van der Waals surface area contributed by atoms with Crippen LogP contribution in [0.15, 0.2) is 4.99 Å². The van der Waals surface area contributed by atoms with Gasteiger partial charge in [-0.2, -0.15) is 0 Å². The van der Waals surface area contributed by atoms with Crippen LogP contribution in [0.4, 0.5) is 0 Å². The van der Waals surface area contributed by atoms with Gasteiger partial charge < -0.3 is 5.32 Å². The van der Waals surface area contributed by atoms with Crippen LogP contribution < -0.4 is 5.32 Å². The third-order valence-corrected chi connectivity index (χ3v) is 3.21. The molecule has 1 fully saturated rings. The molecule has 1 amide bonds. The first kappa shape index (κ1) is 10.6. The van der Waals surface area contributed by atoms with E-state index in [1.807, 2.05) is 6.92 Å². The summed E-state index contributed by atoms with van der Waals surface area (Å²) in [4.78, 5) is 18.1. The van der Waals surface area contributed by atoms with Gasteiger partial charge in [0.15, 0.2) is 6.29 Å². The topological polar surface area (TPSA) is 44.7 Å². The minimum absolute atomic E-state index is 0.0984. The average Bonchev–Trinajstić information content (AvgIpc) is 2.17. The van der Waals surface area contributed by atoms with Crippen LogP contribution in [0.5, 0.6) is 0 Å². The lowest BCUT2D eigenvalue weighted by molar-refractivity contribution is -0.122. The lowest BCUT2D eigenvalue weighted by Crippen LogP contribution is -2.52. The summed E-state index contributed by atoms with van der Waals surface area (Å²) in [6.45, 7) is 6.30. The molecule has 4 nitrogen and oxygen atoms in total. The van der Waals surface area contributed by atoms with Crippen molar-refractivity contribution in [1.29, 1.82) is 0 Å². The zero-order valence-electron chi connectivity index (χ0n) is 9.49. The van der Waals surface area contributed by atoms with Crippen LogP contribution in [-0.2, 0) is 4.79 Å². The standard InChI is InChI=1S/C11H19N3O/c1-8-3-5-14(6-4-8)11-12-9(2)7-10(15)13-11/h8,11H,3-7H2,1-2H3,(H,13,15). The predicted octanol–water partition coefficient (Wildman–Crippen LogP) is 0.983. The van der Waals surface area contributed by atoms with Gasteiger partial charge in [-0.1, -0.05) is 6.92 Å². The zero-order chi connectivity index (χ0) is 10.8. The molecule has 2 heterocycles. The summed E-state index contributed by atoms with van der Waals surface area (Å²) >= 11 is 0. The predicted molar refractivity (Wildman–Crippen MR) is 59.6 cm³/mol. The van der Waals surface area contributed by atoms with Gasteiger partial charge in [0.05, 0.1) is 6.42 Å². The molecule has 15 heavy (non-hydrogen) atoms. The summed E-state index contributed by atoms with van der Waals surface area (Å²) in [5.41, 5.74) is 0.947. The second kappa shape index (κ2) is 4.31. The van der Waals surface area contributed by atoms with Gasteiger partial charge in [0.25, 0.3) is 0 Å². The number of nitrogens with one attached hydrogen (secondary N) is 1. The number of piperidine rings is 1. The van der Waals surface area contributed by atoms with Crippen molar-refractivity contribution in [1.82, 2.24) is 10.2 Å². The van der Waals surface area contributed by atoms with Crippen LogP contribution in [-0.4, -0.2) is 35.9 Å². The van der Waals surface area contributed by atoms with E-state index in [1.165, 1.54) is 12.8 Å². The molecule has 2 aliphatic rings. The molecule has 2 rings (SSSR count). The third kappa shape index (κ3) is 2.56. The summed E-state index contributed by atoms with van der Waals surface area (Å²) in [6.07, 6.45) is 2.78. The normalized spacial score (nSPS) is 29.9. The van der Waals surface area contributed by atoms with Crippen LogP contribution in [0, 0.1) is 5.92 Å². The highest BCUT2D eigenvalue weighted by Crippen LogP contribution is 2.18. The number of carbonyl (C=O) groups excluding carboxylic acids is 1. The molecule has 0 radical (unpaired) electrons. The molecular formula is C11H19N3O. The monoisotopic (exact) mass is 209 g/mol. The summed E-state index contributed by atoms with van der Waals surface area (Å²) in [6, 6.07) is 0. The van der Waals surface area contributed by atoms with Crippen LogP contribution in [0.3, 0.4) is 0 Å². The second-order valence-electron chi connectivity index (χ2n) is 4.70. The SMILES string of the molecule is CC1=NC(N2CCC(C)CC2)NC(=O)C1. The van der Waals surface area contributed by atoms with Gasteiger partial charge in [0.1, 0.15) is 0 Å². The summed E-state index contributed by atoms with van der Waals surface area (Å²) in [7, 11) is 0. The van der Waals surface area contributed by atoms with Crippen molar-refractivity contribution in [2.24, 2.45) is 10.9 Å². The van der Waals surface area contributed by atoms with E-state index in [2.05, 4.69) is 22.1 Å². The smallest absolute Gasteiger partial charge is 0.228 e. The fraction of sp³-hybridized carbons (Fsp3) is 0.818. The van der Waals surface area contributed by atoms with Crippen LogP contribution in [0.1, 0.15) is 33.1 Å². The van der Waals surface area contributed by atoms with Crippen LogP contribution in [0.2, 0.25) is 0 Å². The highest BCUT2D eigenvalue weighted by atomic mass is 16.2. The van der Waals surface area contributed by atoms with Gasteiger partial charge in [0, 0.05) is 18.8 Å². The zero-order valence-corrected chi connectivity index (χ0v) is 9.49. The van der Waals surface area contributed by atoms with Gasteiger partial charge in [0.2, 0.25) is 5.91 Å². The van der Waals surface area contributed by atoms with E-state index in [0.717, 1.165) is 24.7 Å². The maximum atomic E-state index is 11.4. The van der Waals surface area contributed by atoms with Gasteiger partial charge in [-0.05, 0) is 25.7 Å². The Morgan fingerprint density at radius 1 is 1.40 bits per heavy atom. The van der Waals surface area contributed by atoms with E-state index in [-0.39, 0.29) is 12.2 Å². The molecule has 0 bridgehead atoms. The van der Waals surface area contributed by atoms with Crippen molar-refractivity contribution in [3.05, 3.63) is 0 Å².